The average Bonchev–Trinajstić information content (AvgIpc) is 2.53. The van der Waals surface area contributed by atoms with Crippen LogP contribution < -0.4 is 15.8 Å². The minimum Gasteiger partial charge on any atom is -0.399 e. The Bertz CT molecular complexity index is 557. The highest BCUT2D eigenvalue weighted by molar-refractivity contribution is 7.89. The fourth-order valence-corrected chi connectivity index (χ4v) is 3.31. The maximum Gasteiger partial charge on any atom is 0.240 e. The molecule has 19 heavy (non-hydrogen) atoms. The van der Waals surface area contributed by atoms with Gasteiger partial charge in [0.1, 0.15) is 4.90 Å². The van der Waals surface area contributed by atoms with E-state index in [1.807, 2.05) is 0 Å². The molecule has 0 bridgehead atoms. The van der Waals surface area contributed by atoms with E-state index >= 15 is 0 Å². The van der Waals surface area contributed by atoms with Crippen LogP contribution in [0.15, 0.2) is 23.1 Å². The van der Waals surface area contributed by atoms with Crippen molar-refractivity contribution >= 4 is 21.4 Å². The molecule has 2 rings (SSSR count). The molecule has 106 valence electrons. The fourth-order valence-electron chi connectivity index (χ4n) is 2.52. The van der Waals surface area contributed by atoms with Crippen molar-refractivity contribution < 1.29 is 8.42 Å². The quantitative estimate of drug-likeness (QED) is 0.806. The van der Waals surface area contributed by atoms with Gasteiger partial charge in [-0.25, -0.2) is 13.6 Å². The molecule has 0 amide bonds. The standard InChI is InChI=1S/C13H21N3O2S/c1-10-3-2-7-16(8-6-10)12-5-4-11(14)9-13(12)19(15,17)18/h4-5,9-10H,2-3,6-8,14H2,1H3,(H2,15,17,18). The number of nitrogen functional groups attached to an aromatic ring is 1. The van der Waals surface area contributed by atoms with Gasteiger partial charge in [0.25, 0.3) is 0 Å². The number of nitrogens with zero attached hydrogens (tertiary/aromatic N) is 1. The van der Waals surface area contributed by atoms with Crippen LogP contribution in [0.3, 0.4) is 0 Å². The van der Waals surface area contributed by atoms with E-state index in [9.17, 15) is 8.42 Å². The van der Waals surface area contributed by atoms with Gasteiger partial charge in [-0.05, 0) is 43.4 Å². The first-order chi connectivity index (χ1) is 8.88. The molecular weight excluding hydrogens is 262 g/mol. The Hall–Kier alpha value is -1.27. The van der Waals surface area contributed by atoms with E-state index in [2.05, 4.69) is 11.8 Å². The highest BCUT2D eigenvalue weighted by Gasteiger charge is 2.21. The predicted octanol–water partition coefficient (Wildman–Crippen LogP) is 1.54. The first-order valence-electron chi connectivity index (χ1n) is 6.55. The third-order valence-corrected chi connectivity index (χ3v) is 4.59. The second-order valence-corrected chi connectivity index (χ2v) is 6.83. The number of anilines is 2. The molecule has 0 spiro atoms. The molecule has 5 nitrogen and oxygen atoms in total. The number of benzene rings is 1. The summed E-state index contributed by atoms with van der Waals surface area (Å²) >= 11 is 0. The Labute approximate surface area is 114 Å². The van der Waals surface area contributed by atoms with Gasteiger partial charge in [-0.1, -0.05) is 6.92 Å². The number of sulfonamides is 1. The van der Waals surface area contributed by atoms with Crippen molar-refractivity contribution in [1.29, 1.82) is 0 Å². The Balaban J connectivity index is 2.39. The summed E-state index contributed by atoms with van der Waals surface area (Å²) in [5, 5.41) is 5.29. The van der Waals surface area contributed by atoms with Crippen molar-refractivity contribution in [3.63, 3.8) is 0 Å². The molecule has 1 aromatic carbocycles. The van der Waals surface area contributed by atoms with E-state index in [0.29, 0.717) is 17.3 Å². The van der Waals surface area contributed by atoms with Crippen molar-refractivity contribution in [2.24, 2.45) is 11.1 Å². The van der Waals surface area contributed by atoms with E-state index in [4.69, 9.17) is 10.9 Å². The van der Waals surface area contributed by atoms with Crippen molar-refractivity contribution in [3.8, 4) is 0 Å². The van der Waals surface area contributed by atoms with Crippen LogP contribution in [-0.4, -0.2) is 21.5 Å². The molecule has 6 heteroatoms. The largest absolute Gasteiger partial charge is 0.399 e. The number of rotatable bonds is 2. The Morgan fingerprint density at radius 2 is 2.00 bits per heavy atom. The smallest absolute Gasteiger partial charge is 0.240 e. The molecule has 1 aromatic rings. The van der Waals surface area contributed by atoms with Crippen LogP contribution in [0.1, 0.15) is 26.2 Å². The lowest BCUT2D eigenvalue weighted by Gasteiger charge is -2.25. The maximum absolute atomic E-state index is 11.7. The zero-order valence-electron chi connectivity index (χ0n) is 11.2. The highest BCUT2D eigenvalue weighted by atomic mass is 32.2. The molecule has 0 radical (unpaired) electrons. The highest BCUT2D eigenvalue weighted by Crippen LogP contribution is 2.29. The first kappa shape index (κ1) is 14.1. The van der Waals surface area contributed by atoms with Gasteiger partial charge in [0.2, 0.25) is 10.0 Å². The number of nitrogens with two attached hydrogens (primary N) is 2. The molecule has 0 aliphatic carbocycles. The third-order valence-electron chi connectivity index (χ3n) is 3.65. The van der Waals surface area contributed by atoms with Gasteiger partial charge >= 0.3 is 0 Å². The van der Waals surface area contributed by atoms with Gasteiger partial charge in [-0.3, -0.25) is 0 Å². The van der Waals surface area contributed by atoms with E-state index in [1.165, 1.54) is 12.5 Å². The summed E-state index contributed by atoms with van der Waals surface area (Å²) in [6, 6.07) is 4.92. The van der Waals surface area contributed by atoms with E-state index in [-0.39, 0.29) is 4.90 Å². The van der Waals surface area contributed by atoms with E-state index < -0.39 is 10.0 Å². The van der Waals surface area contributed by atoms with Gasteiger partial charge in [0.15, 0.2) is 0 Å². The molecule has 0 saturated carbocycles. The van der Waals surface area contributed by atoms with Gasteiger partial charge in [-0.2, -0.15) is 0 Å². The fraction of sp³-hybridized carbons (Fsp3) is 0.538. The average molecular weight is 283 g/mol. The Kier molecular flexibility index (Phi) is 4.01. The van der Waals surface area contributed by atoms with Crippen LogP contribution in [0, 0.1) is 5.92 Å². The van der Waals surface area contributed by atoms with Crippen LogP contribution >= 0.6 is 0 Å². The zero-order valence-corrected chi connectivity index (χ0v) is 12.0. The summed E-state index contributed by atoms with van der Waals surface area (Å²) in [4.78, 5) is 2.23. The second kappa shape index (κ2) is 5.38. The monoisotopic (exact) mass is 283 g/mol. The van der Waals surface area contributed by atoms with Gasteiger partial charge in [0, 0.05) is 18.8 Å². The van der Waals surface area contributed by atoms with E-state index in [1.54, 1.807) is 12.1 Å². The summed E-state index contributed by atoms with van der Waals surface area (Å²) in [6.07, 6.45) is 3.31. The lowest BCUT2D eigenvalue weighted by atomic mass is 10.0. The Morgan fingerprint density at radius 1 is 1.26 bits per heavy atom. The van der Waals surface area contributed by atoms with Crippen molar-refractivity contribution in [3.05, 3.63) is 18.2 Å². The lowest BCUT2D eigenvalue weighted by Crippen LogP contribution is -2.27. The summed E-state index contributed by atoms with van der Waals surface area (Å²) in [6.45, 7) is 3.94. The normalized spacial score (nSPS) is 21.2. The van der Waals surface area contributed by atoms with Crippen molar-refractivity contribution in [2.45, 2.75) is 31.1 Å². The molecule has 1 aliphatic rings. The molecule has 4 N–H and O–H groups in total. The topological polar surface area (TPSA) is 89.4 Å². The van der Waals surface area contributed by atoms with Crippen LogP contribution in [-0.2, 0) is 10.0 Å². The van der Waals surface area contributed by atoms with Crippen LogP contribution in [0.4, 0.5) is 11.4 Å². The Morgan fingerprint density at radius 3 is 2.68 bits per heavy atom. The maximum atomic E-state index is 11.7. The summed E-state index contributed by atoms with van der Waals surface area (Å²) < 4.78 is 23.4. The molecule has 1 fully saturated rings. The van der Waals surface area contributed by atoms with Crippen molar-refractivity contribution in [2.75, 3.05) is 23.7 Å². The molecular formula is C13H21N3O2S. The summed E-state index contributed by atoms with van der Waals surface area (Å²) in [5.41, 5.74) is 6.75. The van der Waals surface area contributed by atoms with Crippen LogP contribution in [0.2, 0.25) is 0 Å². The van der Waals surface area contributed by atoms with Crippen LogP contribution in [0.5, 0.6) is 0 Å². The SMILES string of the molecule is CC1CCCN(c2ccc(N)cc2S(N)(=O)=O)CC1. The second-order valence-electron chi connectivity index (χ2n) is 5.30. The van der Waals surface area contributed by atoms with Gasteiger partial charge in [0.05, 0.1) is 5.69 Å². The molecule has 1 unspecified atom stereocenters. The van der Waals surface area contributed by atoms with Crippen LogP contribution in [0.25, 0.3) is 0 Å². The first-order valence-corrected chi connectivity index (χ1v) is 8.10. The zero-order chi connectivity index (χ0) is 14.0. The number of primary sulfonamides is 1. The predicted molar refractivity (Wildman–Crippen MR) is 77.5 cm³/mol. The molecule has 1 atom stereocenters. The minimum absolute atomic E-state index is 0.127. The lowest BCUT2D eigenvalue weighted by molar-refractivity contribution is 0.521. The molecule has 1 saturated heterocycles. The molecule has 1 aliphatic heterocycles. The summed E-state index contributed by atoms with van der Waals surface area (Å²) in [5.74, 6) is 0.678. The van der Waals surface area contributed by atoms with Crippen molar-refractivity contribution in [1.82, 2.24) is 0 Å². The summed E-state index contributed by atoms with van der Waals surface area (Å²) in [7, 11) is -3.75. The molecule has 0 aromatic heterocycles. The number of hydrogen-bond acceptors (Lipinski definition) is 4. The molecule has 1 heterocycles. The minimum atomic E-state index is -3.75. The van der Waals surface area contributed by atoms with Gasteiger partial charge < -0.3 is 10.6 Å². The number of hydrogen-bond donors (Lipinski definition) is 2. The van der Waals surface area contributed by atoms with E-state index in [0.717, 1.165) is 25.9 Å². The van der Waals surface area contributed by atoms with Gasteiger partial charge in [-0.15, -0.1) is 0 Å². The third kappa shape index (κ3) is 3.39.